The van der Waals surface area contributed by atoms with Crippen molar-refractivity contribution in [3.63, 3.8) is 0 Å². The van der Waals surface area contributed by atoms with Gasteiger partial charge < -0.3 is 4.52 Å². The lowest BCUT2D eigenvalue weighted by molar-refractivity contribution is 0.459. The number of rotatable bonds is 6. The summed E-state index contributed by atoms with van der Waals surface area (Å²) in [5, 5.41) is 5.20. The fourth-order valence-corrected chi connectivity index (χ4v) is 4.21. The van der Waals surface area contributed by atoms with Crippen LogP contribution in [0.15, 0.2) is 71.3 Å². The molecule has 4 aromatic rings. The van der Waals surface area contributed by atoms with Gasteiger partial charge in [-0.3, -0.25) is 0 Å². The highest BCUT2D eigenvalue weighted by Gasteiger charge is 2.26. The van der Waals surface area contributed by atoms with Gasteiger partial charge in [0.05, 0.1) is 21.8 Å². The SMILES string of the molecule is CC(C)(C)[S@](=O)N[C@@H](Cc1cccc(F)n1)c1ccccc1-c1noc2ccccc12. The molecule has 0 fully saturated rings. The molecule has 0 saturated carbocycles. The minimum Gasteiger partial charge on any atom is -0.356 e. The van der Waals surface area contributed by atoms with Gasteiger partial charge in [0.2, 0.25) is 5.95 Å². The summed E-state index contributed by atoms with van der Waals surface area (Å²) >= 11 is 0. The summed E-state index contributed by atoms with van der Waals surface area (Å²) in [5.74, 6) is -0.538. The van der Waals surface area contributed by atoms with Crippen molar-refractivity contribution in [3.8, 4) is 11.3 Å². The van der Waals surface area contributed by atoms with Crippen LogP contribution in [0.25, 0.3) is 22.2 Å². The van der Waals surface area contributed by atoms with Crippen LogP contribution in [0, 0.1) is 5.95 Å². The van der Waals surface area contributed by atoms with Crippen molar-refractivity contribution >= 4 is 22.0 Å². The van der Waals surface area contributed by atoms with Gasteiger partial charge in [-0.25, -0.2) is 13.9 Å². The van der Waals surface area contributed by atoms with E-state index in [1.807, 2.05) is 69.3 Å². The Morgan fingerprint density at radius 1 is 1.03 bits per heavy atom. The summed E-state index contributed by atoms with van der Waals surface area (Å²) in [6, 6.07) is 19.8. The summed E-state index contributed by atoms with van der Waals surface area (Å²) < 4.78 is 35.0. The first-order valence-corrected chi connectivity index (χ1v) is 11.2. The van der Waals surface area contributed by atoms with Crippen LogP contribution in [0.5, 0.6) is 0 Å². The van der Waals surface area contributed by atoms with Gasteiger partial charge in [-0.15, -0.1) is 0 Å². The highest BCUT2D eigenvalue weighted by molar-refractivity contribution is 7.84. The fraction of sp³-hybridized carbons (Fsp3) is 0.250. The molecule has 0 bridgehead atoms. The van der Waals surface area contributed by atoms with Gasteiger partial charge in [-0.2, -0.15) is 4.39 Å². The minimum absolute atomic E-state index is 0.367. The van der Waals surface area contributed by atoms with E-state index in [-0.39, 0.29) is 6.04 Å². The van der Waals surface area contributed by atoms with Crippen LogP contribution in [-0.4, -0.2) is 19.1 Å². The van der Waals surface area contributed by atoms with Crippen LogP contribution in [-0.2, 0) is 17.4 Å². The lowest BCUT2D eigenvalue weighted by atomic mass is 9.94. The third-order valence-electron chi connectivity index (χ3n) is 4.96. The van der Waals surface area contributed by atoms with Gasteiger partial charge in [0.15, 0.2) is 5.58 Å². The Hall–Kier alpha value is -2.90. The van der Waals surface area contributed by atoms with E-state index in [9.17, 15) is 8.60 Å². The number of hydrogen-bond acceptors (Lipinski definition) is 4. The molecular weight excluding hydrogens is 413 g/mol. The highest BCUT2D eigenvalue weighted by atomic mass is 32.2. The number of halogens is 1. The molecule has 2 heterocycles. The molecule has 4 rings (SSSR count). The molecule has 0 aliphatic rings. The summed E-state index contributed by atoms with van der Waals surface area (Å²) in [7, 11) is -1.34. The maximum Gasteiger partial charge on any atom is 0.213 e. The number of benzene rings is 2. The largest absolute Gasteiger partial charge is 0.356 e. The zero-order chi connectivity index (χ0) is 22.0. The first-order valence-electron chi connectivity index (χ1n) is 10.1. The quantitative estimate of drug-likeness (QED) is 0.412. The number of pyridine rings is 1. The predicted octanol–water partition coefficient (Wildman–Crippen LogP) is 5.36. The molecule has 0 aliphatic carbocycles. The lowest BCUT2D eigenvalue weighted by Crippen LogP contribution is -2.36. The zero-order valence-electron chi connectivity index (χ0n) is 17.6. The second-order valence-corrected chi connectivity index (χ2v) is 10.3. The summed E-state index contributed by atoms with van der Waals surface area (Å²) in [6.07, 6.45) is 0.367. The minimum atomic E-state index is -1.34. The molecule has 2 aromatic carbocycles. The number of nitrogens with zero attached hydrogens (tertiary/aromatic N) is 2. The van der Waals surface area contributed by atoms with Crippen molar-refractivity contribution in [2.24, 2.45) is 0 Å². The van der Waals surface area contributed by atoms with E-state index < -0.39 is 21.7 Å². The topological polar surface area (TPSA) is 68.0 Å². The van der Waals surface area contributed by atoms with E-state index in [1.165, 1.54) is 6.07 Å². The van der Waals surface area contributed by atoms with Crippen molar-refractivity contribution in [2.75, 3.05) is 0 Å². The van der Waals surface area contributed by atoms with Crippen molar-refractivity contribution in [1.82, 2.24) is 14.9 Å². The highest BCUT2D eigenvalue weighted by Crippen LogP contribution is 2.34. The Bertz CT molecular complexity index is 1230. The lowest BCUT2D eigenvalue weighted by Gasteiger charge is -2.26. The van der Waals surface area contributed by atoms with E-state index in [2.05, 4.69) is 14.9 Å². The van der Waals surface area contributed by atoms with Crippen LogP contribution in [0.2, 0.25) is 0 Å². The van der Waals surface area contributed by atoms with E-state index in [0.717, 1.165) is 16.5 Å². The first kappa shape index (κ1) is 21.3. The van der Waals surface area contributed by atoms with Gasteiger partial charge in [0.25, 0.3) is 0 Å². The molecule has 2 atom stereocenters. The number of para-hydroxylation sites is 1. The Kier molecular flexibility index (Phi) is 5.98. The van der Waals surface area contributed by atoms with Gasteiger partial charge in [-0.1, -0.05) is 47.6 Å². The summed E-state index contributed by atoms with van der Waals surface area (Å²) in [6.45, 7) is 5.72. The van der Waals surface area contributed by atoms with Gasteiger partial charge in [0, 0.05) is 23.1 Å². The van der Waals surface area contributed by atoms with Crippen LogP contribution in [0.3, 0.4) is 0 Å². The second kappa shape index (κ2) is 8.69. The van der Waals surface area contributed by atoms with Gasteiger partial charge in [0.1, 0.15) is 5.69 Å². The average Bonchev–Trinajstić information content (AvgIpc) is 3.16. The Morgan fingerprint density at radius 2 is 1.77 bits per heavy atom. The maximum atomic E-state index is 13.7. The molecule has 0 aliphatic heterocycles. The maximum absolute atomic E-state index is 13.7. The standard InChI is InChI=1S/C24H24FN3O2S/c1-24(2,3)31(29)28-20(15-16-9-8-14-22(25)26-16)17-10-4-5-11-18(17)23-19-12-6-7-13-21(19)30-27-23/h4-14,20,28H,15H2,1-3H3/t20-,31-/m0/s1. The number of aromatic nitrogens is 2. The smallest absolute Gasteiger partial charge is 0.213 e. The Balaban J connectivity index is 1.80. The van der Waals surface area contributed by atoms with Crippen molar-refractivity contribution in [2.45, 2.75) is 38.0 Å². The third-order valence-corrected chi connectivity index (χ3v) is 6.57. The third kappa shape index (κ3) is 4.73. The molecule has 0 unspecified atom stereocenters. The molecular formula is C24H24FN3O2S. The molecule has 0 spiro atoms. The number of hydrogen-bond donors (Lipinski definition) is 1. The summed E-state index contributed by atoms with van der Waals surface area (Å²) in [4.78, 5) is 4.01. The summed E-state index contributed by atoms with van der Waals surface area (Å²) in [5.41, 5.74) is 3.74. The number of nitrogens with one attached hydrogen (secondary N) is 1. The first-order chi connectivity index (χ1) is 14.8. The molecule has 7 heteroatoms. The van der Waals surface area contributed by atoms with Gasteiger partial charge in [-0.05, 0) is 50.6 Å². The molecule has 0 radical (unpaired) electrons. The van der Waals surface area contributed by atoms with Crippen LogP contribution < -0.4 is 4.72 Å². The zero-order valence-corrected chi connectivity index (χ0v) is 18.4. The second-order valence-electron chi connectivity index (χ2n) is 8.32. The Labute approximate surface area is 183 Å². The molecule has 0 amide bonds. The van der Waals surface area contributed by atoms with E-state index in [1.54, 1.807) is 12.1 Å². The monoisotopic (exact) mass is 437 g/mol. The Morgan fingerprint density at radius 3 is 2.55 bits per heavy atom. The fourth-order valence-electron chi connectivity index (χ4n) is 3.39. The van der Waals surface area contributed by atoms with Crippen molar-refractivity contribution in [1.29, 1.82) is 0 Å². The molecule has 0 saturated heterocycles. The van der Waals surface area contributed by atoms with Crippen LogP contribution in [0.1, 0.15) is 38.1 Å². The molecule has 31 heavy (non-hydrogen) atoms. The van der Waals surface area contributed by atoms with Crippen LogP contribution >= 0.6 is 0 Å². The van der Waals surface area contributed by atoms with Crippen molar-refractivity contribution < 1.29 is 13.1 Å². The van der Waals surface area contributed by atoms with Crippen molar-refractivity contribution in [3.05, 3.63) is 83.9 Å². The molecule has 5 nitrogen and oxygen atoms in total. The molecule has 160 valence electrons. The molecule has 1 N–H and O–H groups in total. The van der Waals surface area contributed by atoms with Crippen LogP contribution in [0.4, 0.5) is 4.39 Å². The normalized spacial score (nSPS) is 13.9. The van der Waals surface area contributed by atoms with E-state index in [0.29, 0.717) is 23.4 Å². The number of fused-ring (bicyclic) bond motifs is 1. The van der Waals surface area contributed by atoms with E-state index >= 15 is 0 Å². The predicted molar refractivity (Wildman–Crippen MR) is 121 cm³/mol. The van der Waals surface area contributed by atoms with E-state index in [4.69, 9.17) is 4.52 Å². The molecule has 2 aromatic heterocycles. The average molecular weight is 438 g/mol. The van der Waals surface area contributed by atoms with Gasteiger partial charge >= 0.3 is 0 Å².